The Morgan fingerprint density at radius 1 is 1.47 bits per heavy atom. The number of rotatable bonds is 3. The highest BCUT2D eigenvalue weighted by atomic mass is 32.1. The number of benzene rings is 1. The van der Waals surface area contributed by atoms with Crippen molar-refractivity contribution in [2.24, 2.45) is 5.73 Å². The van der Waals surface area contributed by atoms with Crippen LogP contribution >= 0.6 is 12.2 Å². The number of methoxy groups -OCH3 is 1. The van der Waals surface area contributed by atoms with Gasteiger partial charge in [0.25, 0.3) is 0 Å². The number of esters is 1. The maximum Gasteiger partial charge on any atom is 0.337 e. The summed E-state index contributed by atoms with van der Waals surface area (Å²) in [6.45, 7) is 0. The van der Waals surface area contributed by atoms with Gasteiger partial charge < -0.3 is 10.5 Å². The number of carbonyl (C=O) groups excluding carboxylic acids is 1. The normalized spacial score (nSPS) is 10.5. The molecule has 0 aliphatic rings. The fourth-order valence-electron chi connectivity index (χ4n) is 1.16. The molecule has 0 aliphatic carbocycles. The smallest absolute Gasteiger partial charge is 0.337 e. The molecule has 1 rings (SSSR count). The van der Waals surface area contributed by atoms with Crippen molar-refractivity contribution in [2.75, 3.05) is 7.11 Å². The van der Waals surface area contributed by atoms with Gasteiger partial charge in [0.2, 0.25) is 0 Å². The van der Waals surface area contributed by atoms with E-state index in [-0.39, 0.29) is 10.6 Å². The molecule has 5 heteroatoms. The van der Waals surface area contributed by atoms with Gasteiger partial charge in [-0.2, -0.15) is 5.26 Å². The molecular weight excluding hydrogens is 236 g/mol. The Morgan fingerprint density at radius 2 is 2.06 bits per heavy atom. The molecule has 0 atom stereocenters. The van der Waals surface area contributed by atoms with Gasteiger partial charge in [0.05, 0.1) is 18.2 Å². The molecule has 4 nitrogen and oxygen atoms in total. The molecule has 86 valence electrons. The highest BCUT2D eigenvalue weighted by Crippen LogP contribution is 2.10. The predicted octanol–water partition coefficient (Wildman–Crippen LogP) is 1.67. The number of nitrogens with two attached hydrogens (primary N) is 1. The van der Waals surface area contributed by atoms with E-state index in [1.807, 2.05) is 6.07 Å². The second-order valence-corrected chi connectivity index (χ2v) is 3.59. The first-order valence-corrected chi connectivity index (χ1v) is 5.09. The Labute approximate surface area is 104 Å². The van der Waals surface area contributed by atoms with E-state index in [1.165, 1.54) is 7.11 Å². The minimum Gasteiger partial charge on any atom is -0.465 e. The molecule has 0 saturated heterocycles. The molecule has 0 heterocycles. The van der Waals surface area contributed by atoms with Crippen LogP contribution < -0.4 is 5.73 Å². The Bertz CT molecular complexity index is 512. The molecule has 1 aromatic carbocycles. The van der Waals surface area contributed by atoms with E-state index in [9.17, 15) is 4.79 Å². The standard InChI is InChI=1S/C12H10N2O2S/c1-16-12(15)9-4-2-8(3-5-9)6-10(7-13)11(14)17/h2-6H,1H3,(H2,14,17)/b10-6-. The van der Waals surface area contributed by atoms with E-state index in [0.717, 1.165) is 5.56 Å². The van der Waals surface area contributed by atoms with Crippen LogP contribution in [0.3, 0.4) is 0 Å². The highest BCUT2D eigenvalue weighted by Gasteiger charge is 2.04. The van der Waals surface area contributed by atoms with Crippen molar-refractivity contribution in [1.29, 1.82) is 5.26 Å². The van der Waals surface area contributed by atoms with Crippen molar-refractivity contribution < 1.29 is 9.53 Å². The number of hydrogen-bond donors (Lipinski definition) is 1. The van der Waals surface area contributed by atoms with Crippen LogP contribution in [0.2, 0.25) is 0 Å². The summed E-state index contributed by atoms with van der Waals surface area (Å²) in [6, 6.07) is 8.47. The molecule has 0 saturated carbocycles. The Hall–Kier alpha value is -2.19. The number of thiocarbonyl (C=S) groups is 1. The van der Waals surface area contributed by atoms with E-state index in [0.29, 0.717) is 5.56 Å². The summed E-state index contributed by atoms with van der Waals surface area (Å²) in [5, 5.41) is 8.78. The van der Waals surface area contributed by atoms with E-state index in [2.05, 4.69) is 4.74 Å². The van der Waals surface area contributed by atoms with Gasteiger partial charge in [-0.05, 0) is 23.8 Å². The summed E-state index contributed by atoms with van der Waals surface area (Å²) in [5.41, 5.74) is 6.77. The average molecular weight is 246 g/mol. The molecule has 0 aromatic heterocycles. The first kappa shape index (κ1) is 12.9. The molecule has 17 heavy (non-hydrogen) atoms. The van der Waals surface area contributed by atoms with Crippen molar-refractivity contribution in [2.45, 2.75) is 0 Å². The third-order valence-corrected chi connectivity index (χ3v) is 2.25. The molecule has 2 N–H and O–H groups in total. The molecule has 0 spiro atoms. The largest absolute Gasteiger partial charge is 0.465 e. The highest BCUT2D eigenvalue weighted by molar-refractivity contribution is 7.80. The van der Waals surface area contributed by atoms with Gasteiger partial charge in [-0.25, -0.2) is 4.79 Å². The lowest BCUT2D eigenvalue weighted by Gasteiger charge is -2.00. The van der Waals surface area contributed by atoms with Gasteiger partial charge in [-0.3, -0.25) is 0 Å². The van der Waals surface area contributed by atoms with Crippen LogP contribution in [0.15, 0.2) is 29.8 Å². The Kier molecular flexibility index (Phi) is 4.37. The van der Waals surface area contributed by atoms with Gasteiger partial charge in [0, 0.05) is 0 Å². The Morgan fingerprint density at radius 3 is 2.47 bits per heavy atom. The first-order valence-electron chi connectivity index (χ1n) is 4.68. The van der Waals surface area contributed by atoms with Crippen molar-refractivity contribution >= 4 is 29.3 Å². The van der Waals surface area contributed by atoms with Crippen LogP contribution in [0.25, 0.3) is 6.08 Å². The summed E-state index contributed by atoms with van der Waals surface area (Å²) in [4.78, 5) is 11.2. The lowest BCUT2D eigenvalue weighted by atomic mass is 10.1. The maximum absolute atomic E-state index is 11.2. The lowest BCUT2D eigenvalue weighted by Crippen LogP contribution is -2.09. The molecule has 0 aliphatic heterocycles. The monoisotopic (exact) mass is 246 g/mol. The van der Waals surface area contributed by atoms with Crippen LogP contribution in [0.1, 0.15) is 15.9 Å². The molecule has 0 unspecified atom stereocenters. The van der Waals surface area contributed by atoms with Crippen LogP contribution in [0.4, 0.5) is 0 Å². The molecule has 0 fully saturated rings. The number of nitriles is 1. The van der Waals surface area contributed by atoms with Gasteiger partial charge in [0.1, 0.15) is 11.1 Å². The first-order chi connectivity index (χ1) is 8.08. The topological polar surface area (TPSA) is 76.1 Å². The van der Waals surface area contributed by atoms with Gasteiger partial charge in [0.15, 0.2) is 0 Å². The number of hydrogen-bond acceptors (Lipinski definition) is 4. The second kappa shape index (κ2) is 5.77. The fraction of sp³-hybridized carbons (Fsp3) is 0.0833. The zero-order valence-electron chi connectivity index (χ0n) is 9.14. The summed E-state index contributed by atoms with van der Waals surface area (Å²) in [6.07, 6.45) is 1.56. The van der Waals surface area contributed by atoms with E-state index < -0.39 is 5.97 Å². The van der Waals surface area contributed by atoms with E-state index in [1.54, 1.807) is 30.3 Å². The zero-order valence-corrected chi connectivity index (χ0v) is 9.95. The summed E-state index contributed by atoms with van der Waals surface area (Å²) >= 11 is 4.71. The van der Waals surface area contributed by atoms with Crippen LogP contribution in [0.5, 0.6) is 0 Å². The zero-order chi connectivity index (χ0) is 12.8. The van der Waals surface area contributed by atoms with Crippen molar-refractivity contribution in [1.82, 2.24) is 0 Å². The average Bonchev–Trinajstić information content (AvgIpc) is 2.35. The number of ether oxygens (including phenoxy) is 1. The van der Waals surface area contributed by atoms with E-state index >= 15 is 0 Å². The third kappa shape index (κ3) is 3.40. The predicted molar refractivity (Wildman–Crippen MR) is 68.2 cm³/mol. The van der Waals surface area contributed by atoms with Crippen LogP contribution in [-0.4, -0.2) is 18.1 Å². The van der Waals surface area contributed by atoms with Gasteiger partial charge in [-0.1, -0.05) is 24.4 Å². The molecule has 0 radical (unpaired) electrons. The summed E-state index contributed by atoms with van der Waals surface area (Å²) in [5.74, 6) is -0.407. The molecule has 1 aromatic rings. The summed E-state index contributed by atoms with van der Waals surface area (Å²) < 4.78 is 4.57. The van der Waals surface area contributed by atoms with Crippen molar-refractivity contribution in [3.63, 3.8) is 0 Å². The van der Waals surface area contributed by atoms with Crippen LogP contribution in [0, 0.1) is 11.3 Å². The van der Waals surface area contributed by atoms with E-state index in [4.69, 9.17) is 23.2 Å². The molecule has 0 amide bonds. The number of carbonyl (C=O) groups is 1. The van der Waals surface area contributed by atoms with Crippen molar-refractivity contribution in [3.05, 3.63) is 41.0 Å². The quantitative estimate of drug-likeness (QED) is 0.380. The minimum atomic E-state index is -0.407. The minimum absolute atomic E-state index is 0.0459. The third-order valence-electron chi connectivity index (χ3n) is 2.03. The summed E-state index contributed by atoms with van der Waals surface area (Å²) in [7, 11) is 1.32. The SMILES string of the molecule is COC(=O)c1ccc(/C=C(/C#N)C(N)=S)cc1. The van der Waals surface area contributed by atoms with Crippen LogP contribution in [-0.2, 0) is 4.74 Å². The second-order valence-electron chi connectivity index (χ2n) is 3.15. The number of nitrogens with zero attached hydrogens (tertiary/aromatic N) is 1. The Balaban J connectivity index is 3.00. The van der Waals surface area contributed by atoms with Crippen molar-refractivity contribution in [3.8, 4) is 6.07 Å². The van der Waals surface area contributed by atoms with Gasteiger partial charge >= 0.3 is 5.97 Å². The fourth-order valence-corrected chi connectivity index (χ4v) is 1.26. The van der Waals surface area contributed by atoms with Gasteiger partial charge in [-0.15, -0.1) is 0 Å². The lowest BCUT2D eigenvalue weighted by molar-refractivity contribution is 0.0601. The molecule has 0 bridgehead atoms. The molecular formula is C12H10N2O2S. The maximum atomic E-state index is 11.2.